The van der Waals surface area contributed by atoms with Crippen LogP contribution in [0.2, 0.25) is 0 Å². The predicted molar refractivity (Wildman–Crippen MR) is 121 cm³/mol. The Labute approximate surface area is 202 Å². The molecule has 1 fully saturated rings. The molecule has 0 N–H and O–H groups in total. The van der Waals surface area contributed by atoms with Crippen LogP contribution < -0.4 is 4.74 Å². The van der Waals surface area contributed by atoms with Crippen LogP contribution in [0.15, 0.2) is 54.9 Å². The second-order valence-corrected chi connectivity index (χ2v) is 8.99. The summed E-state index contributed by atoms with van der Waals surface area (Å²) in [5, 5.41) is 17.5. The molecule has 0 radical (unpaired) electrons. The van der Waals surface area contributed by atoms with Crippen molar-refractivity contribution >= 4 is 17.2 Å². The van der Waals surface area contributed by atoms with E-state index in [0.29, 0.717) is 29.2 Å². The SMILES string of the molecule is Cc1ccc(-n2nccn2)c(C(=O)N2CCC[C@H]2c2nnc(-c3ccccc3OC(F)(F)F)s2)c1. The van der Waals surface area contributed by atoms with Gasteiger partial charge in [0.2, 0.25) is 0 Å². The molecule has 0 saturated carbocycles. The van der Waals surface area contributed by atoms with Gasteiger partial charge >= 0.3 is 6.36 Å². The van der Waals surface area contributed by atoms with Gasteiger partial charge in [-0.2, -0.15) is 15.0 Å². The number of rotatable bonds is 5. The molecule has 5 rings (SSSR count). The van der Waals surface area contributed by atoms with Gasteiger partial charge in [-0.1, -0.05) is 35.1 Å². The van der Waals surface area contributed by atoms with Gasteiger partial charge in [-0.05, 0) is 44.0 Å². The van der Waals surface area contributed by atoms with Gasteiger partial charge in [0.05, 0.1) is 35.2 Å². The van der Waals surface area contributed by atoms with Gasteiger partial charge in [0.25, 0.3) is 5.91 Å². The highest BCUT2D eigenvalue weighted by molar-refractivity contribution is 7.14. The van der Waals surface area contributed by atoms with Gasteiger partial charge in [-0.25, -0.2) is 0 Å². The number of carbonyl (C=O) groups is 1. The van der Waals surface area contributed by atoms with E-state index in [9.17, 15) is 18.0 Å². The number of aryl methyl sites for hydroxylation is 1. The van der Waals surface area contributed by atoms with Crippen LogP contribution in [-0.2, 0) is 0 Å². The van der Waals surface area contributed by atoms with Crippen molar-refractivity contribution < 1.29 is 22.7 Å². The minimum Gasteiger partial charge on any atom is -0.405 e. The van der Waals surface area contributed by atoms with Gasteiger partial charge in [-0.3, -0.25) is 4.79 Å². The standard InChI is InChI=1S/C23H19F3N6O2S/c1-14-8-9-17(32-27-10-11-28-32)16(13-14)22(33)31-12-4-6-18(31)21-30-29-20(35-21)15-5-2-3-7-19(15)34-23(24,25)26/h2-3,5,7-11,13,18H,4,6,12H2,1H3/t18-/m0/s1. The first kappa shape index (κ1) is 23.0. The molecule has 4 aromatic rings. The van der Waals surface area contributed by atoms with Crippen LogP contribution in [0.25, 0.3) is 16.3 Å². The smallest absolute Gasteiger partial charge is 0.405 e. The summed E-state index contributed by atoms with van der Waals surface area (Å²) < 4.78 is 42.7. The van der Waals surface area contributed by atoms with E-state index in [4.69, 9.17) is 0 Å². The lowest BCUT2D eigenvalue weighted by Crippen LogP contribution is -2.31. The second-order valence-electron chi connectivity index (χ2n) is 7.99. The molecule has 1 aliphatic heterocycles. The molecule has 180 valence electrons. The topological polar surface area (TPSA) is 86.0 Å². The molecule has 2 aromatic heterocycles. The maximum absolute atomic E-state index is 13.7. The largest absolute Gasteiger partial charge is 0.573 e. The van der Waals surface area contributed by atoms with Crippen LogP contribution in [0.1, 0.15) is 39.8 Å². The fourth-order valence-electron chi connectivity index (χ4n) is 4.09. The molecular formula is C23H19F3N6O2S. The van der Waals surface area contributed by atoms with Gasteiger partial charge in [0.1, 0.15) is 10.8 Å². The Morgan fingerprint density at radius 1 is 1.11 bits per heavy atom. The van der Waals surface area contributed by atoms with Crippen molar-refractivity contribution in [2.24, 2.45) is 0 Å². The number of alkyl halides is 3. The molecule has 35 heavy (non-hydrogen) atoms. The van der Waals surface area contributed by atoms with E-state index in [2.05, 4.69) is 25.1 Å². The normalized spacial score (nSPS) is 16.0. The summed E-state index contributed by atoms with van der Waals surface area (Å²) in [6, 6.07) is 10.9. The zero-order valence-electron chi connectivity index (χ0n) is 18.4. The van der Waals surface area contributed by atoms with E-state index in [1.807, 2.05) is 13.0 Å². The van der Waals surface area contributed by atoms with Crippen molar-refractivity contribution in [1.29, 1.82) is 0 Å². The van der Waals surface area contributed by atoms with Crippen molar-refractivity contribution in [3.63, 3.8) is 0 Å². The van der Waals surface area contributed by atoms with E-state index in [0.717, 1.165) is 23.3 Å². The number of halogens is 3. The maximum Gasteiger partial charge on any atom is 0.573 e. The Bertz CT molecular complexity index is 1360. The van der Waals surface area contributed by atoms with Crippen molar-refractivity contribution in [2.45, 2.75) is 32.2 Å². The van der Waals surface area contributed by atoms with Crippen molar-refractivity contribution in [3.8, 4) is 22.0 Å². The fourth-order valence-corrected chi connectivity index (χ4v) is 5.11. The lowest BCUT2D eigenvalue weighted by atomic mass is 10.1. The molecule has 0 unspecified atom stereocenters. The molecule has 1 aliphatic rings. The summed E-state index contributed by atoms with van der Waals surface area (Å²) in [5.74, 6) is -0.542. The van der Waals surface area contributed by atoms with Gasteiger partial charge in [0.15, 0.2) is 5.01 Å². The first-order valence-corrected chi connectivity index (χ1v) is 11.6. The zero-order valence-corrected chi connectivity index (χ0v) is 19.3. The highest BCUT2D eigenvalue weighted by Crippen LogP contribution is 2.40. The van der Waals surface area contributed by atoms with E-state index in [1.54, 1.807) is 23.1 Å². The van der Waals surface area contributed by atoms with Crippen LogP contribution >= 0.6 is 11.3 Å². The molecule has 1 saturated heterocycles. The number of carbonyl (C=O) groups excluding carboxylic acids is 1. The molecule has 1 atom stereocenters. The number of hydrogen-bond acceptors (Lipinski definition) is 7. The van der Waals surface area contributed by atoms with E-state index < -0.39 is 6.36 Å². The number of aromatic nitrogens is 5. The molecule has 2 aromatic carbocycles. The number of likely N-dealkylation sites (tertiary alicyclic amines) is 1. The number of ether oxygens (including phenoxy) is 1. The fraction of sp³-hybridized carbons (Fsp3) is 0.261. The minimum atomic E-state index is -4.83. The monoisotopic (exact) mass is 500 g/mol. The molecule has 0 spiro atoms. The molecule has 8 nitrogen and oxygen atoms in total. The number of benzene rings is 2. The Hall–Kier alpha value is -3.80. The van der Waals surface area contributed by atoms with Crippen molar-refractivity contribution in [3.05, 3.63) is 71.0 Å². The van der Waals surface area contributed by atoms with Crippen LogP contribution in [-0.4, -0.2) is 48.9 Å². The number of nitrogens with zero attached hydrogens (tertiary/aromatic N) is 6. The molecule has 0 aliphatic carbocycles. The summed E-state index contributed by atoms with van der Waals surface area (Å²) in [6.07, 6.45) is -0.318. The number of para-hydroxylation sites is 1. The first-order valence-electron chi connectivity index (χ1n) is 10.8. The summed E-state index contributed by atoms with van der Waals surface area (Å²) in [4.78, 5) is 16.8. The van der Waals surface area contributed by atoms with Crippen LogP contribution in [0.3, 0.4) is 0 Å². The van der Waals surface area contributed by atoms with Gasteiger partial charge in [-0.15, -0.1) is 23.4 Å². The average molecular weight is 501 g/mol. The van der Waals surface area contributed by atoms with E-state index in [-0.39, 0.29) is 28.3 Å². The summed E-state index contributed by atoms with van der Waals surface area (Å²) in [6.45, 7) is 2.42. The molecular weight excluding hydrogens is 481 g/mol. The van der Waals surface area contributed by atoms with Crippen LogP contribution in [0, 0.1) is 6.92 Å². The lowest BCUT2D eigenvalue weighted by Gasteiger charge is -2.24. The Morgan fingerprint density at radius 2 is 1.89 bits per heavy atom. The highest BCUT2D eigenvalue weighted by atomic mass is 32.1. The number of hydrogen-bond donors (Lipinski definition) is 0. The van der Waals surface area contributed by atoms with Gasteiger partial charge in [0, 0.05) is 6.54 Å². The Kier molecular flexibility index (Phi) is 5.97. The summed E-state index contributed by atoms with van der Waals surface area (Å²) in [5.41, 5.74) is 2.13. The first-order chi connectivity index (χ1) is 16.8. The quantitative estimate of drug-likeness (QED) is 0.385. The van der Waals surface area contributed by atoms with Crippen LogP contribution in [0.4, 0.5) is 13.2 Å². The third-order valence-corrected chi connectivity index (χ3v) is 6.66. The van der Waals surface area contributed by atoms with Crippen molar-refractivity contribution in [1.82, 2.24) is 30.1 Å². The molecule has 12 heteroatoms. The second kappa shape index (κ2) is 9.10. The molecule has 3 heterocycles. The Balaban J connectivity index is 1.45. The molecule has 0 bridgehead atoms. The average Bonchev–Trinajstić information content (AvgIpc) is 3.59. The number of amides is 1. The van der Waals surface area contributed by atoms with E-state index >= 15 is 0 Å². The predicted octanol–water partition coefficient (Wildman–Crippen LogP) is 4.97. The van der Waals surface area contributed by atoms with Crippen molar-refractivity contribution in [2.75, 3.05) is 6.54 Å². The minimum absolute atomic E-state index is 0.190. The summed E-state index contributed by atoms with van der Waals surface area (Å²) >= 11 is 1.15. The zero-order chi connectivity index (χ0) is 24.6. The lowest BCUT2D eigenvalue weighted by molar-refractivity contribution is -0.274. The van der Waals surface area contributed by atoms with E-state index in [1.165, 1.54) is 35.4 Å². The van der Waals surface area contributed by atoms with Crippen LogP contribution in [0.5, 0.6) is 5.75 Å². The van der Waals surface area contributed by atoms with Gasteiger partial charge < -0.3 is 9.64 Å². The molecule has 1 amide bonds. The third kappa shape index (κ3) is 4.74. The summed E-state index contributed by atoms with van der Waals surface area (Å²) in [7, 11) is 0. The third-order valence-electron chi connectivity index (χ3n) is 5.60. The highest BCUT2D eigenvalue weighted by Gasteiger charge is 2.36. The Morgan fingerprint density at radius 3 is 2.66 bits per heavy atom. The maximum atomic E-state index is 13.7.